The zero-order chi connectivity index (χ0) is 31.3. The van der Waals surface area contributed by atoms with Crippen LogP contribution in [0.1, 0.15) is 52.2 Å². The minimum atomic E-state index is -0.805. The molecule has 0 aromatic heterocycles. The predicted octanol–water partition coefficient (Wildman–Crippen LogP) is 4.37. The molecule has 3 amide bonds. The number of carbonyl (C=O) groups excluding carboxylic acids is 3. The van der Waals surface area contributed by atoms with E-state index in [9.17, 15) is 14.4 Å². The number of amides is 3. The topological polar surface area (TPSA) is 99.8 Å². The van der Waals surface area contributed by atoms with Gasteiger partial charge in [0.1, 0.15) is 23.4 Å². The first-order chi connectivity index (χ1) is 19.9. The van der Waals surface area contributed by atoms with Gasteiger partial charge in [-0.1, -0.05) is 87.5 Å². The highest BCUT2D eigenvalue weighted by Crippen LogP contribution is 2.24. The van der Waals surface area contributed by atoms with E-state index in [1.165, 1.54) is 4.90 Å². The lowest BCUT2D eigenvalue weighted by molar-refractivity contribution is -0.141. The first-order valence-corrected chi connectivity index (χ1v) is 14.6. The van der Waals surface area contributed by atoms with Gasteiger partial charge in [-0.15, -0.1) is 6.58 Å². The van der Waals surface area contributed by atoms with Crippen LogP contribution in [0.15, 0.2) is 73.8 Å². The number of benzene rings is 2. The number of rotatable bonds is 17. The first kappa shape index (κ1) is 34.3. The number of likely N-dealkylation sites (N-methyl/N-ethyl adjacent to an activating group) is 1. The number of hydrogen-bond acceptors (Lipinski definition) is 5. The number of para-hydroxylation sites is 1. The molecule has 0 radical (unpaired) electrons. The Morgan fingerprint density at radius 1 is 1.00 bits per heavy atom. The van der Waals surface area contributed by atoms with E-state index in [2.05, 4.69) is 29.1 Å². The van der Waals surface area contributed by atoms with E-state index >= 15 is 0 Å². The SMILES string of the molecule is C=CCNC(=O)[C@@H](Cc1ccccc1)NC(=O)[C@@H](C)N(C)C(=O)[C@@H](NCC(C)(C)Oc1ccccc1C=C)C(C)CC. The molecule has 0 aliphatic rings. The fourth-order valence-corrected chi connectivity index (χ4v) is 4.43. The van der Waals surface area contributed by atoms with Crippen LogP contribution in [0.5, 0.6) is 5.75 Å². The van der Waals surface area contributed by atoms with Gasteiger partial charge in [0.15, 0.2) is 0 Å². The molecule has 8 heteroatoms. The van der Waals surface area contributed by atoms with Gasteiger partial charge in [0, 0.05) is 32.1 Å². The van der Waals surface area contributed by atoms with Crippen LogP contribution in [0.2, 0.25) is 0 Å². The van der Waals surface area contributed by atoms with E-state index in [4.69, 9.17) is 4.74 Å². The van der Waals surface area contributed by atoms with Gasteiger partial charge in [-0.2, -0.15) is 0 Å². The molecule has 3 N–H and O–H groups in total. The summed E-state index contributed by atoms with van der Waals surface area (Å²) in [5.74, 6) is -0.205. The average molecular weight is 577 g/mol. The zero-order valence-corrected chi connectivity index (χ0v) is 26.0. The van der Waals surface area contributed by atoms with E-state index in [1.807, 2.05) is 82.3 Å². The number of nitrogens with zero attached hydrogens (tertiary/aromatic N) is 1. The van der Waals surface area contributed by atoms with Crippen LogP contribution < -0.4 is 20.7 Å². The molecule has 0 aliphatic heterocycles. The molecular formula is C34H48N4O4. The molecule has 0 heterocycles. The molecule has 0 saturated carbocycles. The summed E-state index contributed by atoms with van der Waals surface area (Å²) >= 11 is 0. The van der Waals surface area contributed by atoms with Crippen LogP contribution >= 0.6 is 0 Å². The Balaban J connectivity index is 2.13. The smallest absolute Gasteiger partial charge is 0.243 e. The highest BCUT2D eigenvalue weighted by Gasteiger charge is 2.34. The molecule has 0 aliphatic carbocycles. The summed E-state index contributed by atoms with van der Waals surface area (Å²) in [6.07, 6.45) is 4.42. The van der Waals surface area contributed by atoms with Crippen molar-refractivity contribution in [2.45, 2.75) is 71.2 Å². The standard InChI is InChI=1S/C34H48N4O4/c1-9-21-35-32(40)28(22-26-17-13-12-14-18-26)37-31(39)25(5)38(8)33(41)30(24(4)10-2)36-23-34(6,7)42-29-20-16-15-19-27(29)11-3/h9,11-20,24-25,28,30,36H,1,3,10,21-23H2,2,4-8H3,(H,35,40)(H,37,39)/t24?,25-,28-,30+/m1/s1. The summed E-state index contributed by atoms with van der Waals surface area (Å²) in [6.45, 7) is 17.8. The normalized spacial score (nSPS) is 14.0. The van der Waals surface area contributed by atoms with Crippen molar-refractivity contribution >= 4 is 23.8 Å². The molecular weight excluding hydrogens is 528 g/mol. The highest BCUT2D eigenvalue weighted by atomic mass is 16.5. The van der Waals surface area contributed by atoms with Gasteiger partial charge in [-0.25, -0.2) is 0 Å². The van der Waals surface area contributed by atoms with Crippen LogP contribution in [0.25, 0.3) is 6.08 Å². The van der Waals surface area contributed by atoms with Crippen molar-refractivity contribution < 1.29 is 19.1 Å². The fraction of sp³-hybridized carbons (Fsp3) is 0.441. The van der Waals surface area contributed by atoms with E-state index in [-0.39, 0.29) is 24.3 Å². The monoisotopic (exact) mass is 576 g/mol. The third-order valence-electron chi connectivity index (χ3n) is 7.40. The van der Waals surface area contributed by atoms with Gasteiger partial charge in [0.05, 0.1) is 6.04 Å². The second kappa shape index (κ2) is 16.5. The maximum absolute atomic E-state index is 13.8. The summed E-state index contributed by atoms with van der Waals surface area (Å²) < 4.78 is 6.29. The van der Waals surface area contributed by atoms with Crippen molar-refractivity contribution in [3.8, 4) is 5.75 Å². The van der Waals surface area contributed by atoms with Gasteiger partial charge >= 0.3 is 0 Å². The van der Waals surface area contributed by atoms with E-state index in [1.54, 1.807) is 26.1 Å². The van der Waals surface area contributed by atoms with Gasteiger partial charge < -0.3 is 25.6 Å². The highest BCUT2D eigenvalue weighted by molar-refractivity contribution is 5.93. The third kappa shape index (κ3) is 10.2. The summed E-state index contributed by atoms with van der Waals surface area (Å²) in [4.78, 5) is 41.4. The maximum atomic E-state index is 13.8. The molecule has 0 bridgehead atoms. The van der Waals surface area contributed by atoms with Gasteiger partial charge in [0.25, 0.3) is 0 Å². The van der Waals surface area contributed by atoms with Gasteiger partial charge in [-0.05, 0) is 38.3 Å². The number of carbonyl (C=O) groups is 3. The molecule has 42 heavy (non-hydrogen) atoms. The Morgan fingerprint density at radius 2 is 1.64 bits per heavy atom. The molecule has 8 nitrogen and oxygen atoms in total. The third-order valence-corrected chi connectivity index (χ3v) is 7.40. The second-order valence-electron chi connectivity index (χ2n) is 11.3. The summed E-state index contributed by atoms with van der Waals surface area (Å²) in [5.41, 5.74) is 1.18. The summed E-state index contributed by atoms with van der Waals surface area (Å²) in [7, 11) is 1.62. The van der Waals surface area contributed by atoms with Crippen molar-refractivity contribution in [1.82, 2.24) is 20.9 Å². The molecule has 2 rings (SSSR count). The Morgan fingerprint density at radius 3 is 2.26 bits per heavy atom. The largest absolute Gasteiger partial charge is 0.486 e. The lowest BCUT2D eigenvalue weighted by Crippen LogP contribution is -2.58. The Labute approximate surface area is 251 Å². The van der Waals surface area contributed by atoms with Crippen molar-refractivity contribution in [1.29, 1.82) is 0 Å². The summed E-state index contributed by atoms with van der Waals surface area (Å²) in [5, 5.41) is 9.03. The second-order valence-corrected chi connectivity index (χ2v) is 11.3. The maximum Gasteiger partial charge on any atom is 0.243 e. The molecule has 1 unspecified atom stereocenters. The molecule has 0 spiro atoms. The molecule has 0 saturated heterocycles. The molecule has 2 aromatic rings. The molecule has 4 atom stereocenters. The van der Waals surface area contributed by atoms with Crippen molar-refractivity contribution in [2.24, 2.45) is 5.92 Å². The van der Waals surface area contributed by atoms with Crippen LogP contribution in [-0.2, 0) is 20.8 Å². The van der Waals surface area contributed by atoms with Crippen molar-refractivity contribution in [2.75, 3.05) is 20.1 Å². The van der Waals surface area contributed by atoms with Gasteiger partial charge in [-0.3, -0.25) is 14.4 Å². The van der Waals surface area contributed by atoms with E-state index < -0.39 is 29.6 Å². The Hall–Kier alpha value is -3.91. The number of nitrogens with one attached hydrogen (secondary N) is 3. The fourth-order valence-electron chi connectivity index (χ4n) is 4.43. The Kier molecular flexibility index (Phi) is 13.5. The summed E-state index contributed by atoms with van der Waals surface area (Å²) in [6, 6.07) is 15.0. The van der Waals surface area contributed by atoms with Crippen molar-refractivity contribution in [3.63, 3.8) is 0 Å². The minimum absolute atomic E-state index is 0.00184. The van der Waals surface area contributed by atoms with Crippen LogP contribution in [0.4, 0.5) is 0 Å². The number of hydrogen-bond donors (Lipinski definition) is 3. The van der Waals surface area contributed by atoms with Crippen LogP contribution in [0.3, 0.4) is 0 Å². The van der Waals surface area contributed by atoms with Crippen LogP contribution in [0, 0.1) is 5.92 Å². The first-order valence-electron chi connectivity index (χ1n) is 14.6. The minimum Gasteiger partial charge on any atom is -0.486 e. The quantitative estimate of drug-likeness (QED) is 0.243. The Bertz CT molecular complexity index is 1200. The van der Waals surface area contributed by atoms with E-state index in [0.29, 0.717) is 13.0 Å². The lowest BCUT2D eigenvalue weighted by atomic mass is 9.96. The van der Waals surface area contributed by atoms with Gasteiger partial charge in [0.2, 0.25) is 17.7 Å². The lowest BCUT2D eigenvalue weighted by Gasteiger charge is -2.35. The van der Waals surface area contributed by atoms with Crippen LogP contribution in [-0.4, -0.2) is 66.5 Å². The van der Waals surface area contributed by atoms with E-state index in [0.717, 1.165) is 23.3 Å². The molecule has 228 valence electrons. The molecule has 2 aromatic carbocycles. The molecule has 0 fully saturated rings. The predicted molar refractivity (Wildman–Crippen MR) is 170 cm³/mol. The van der Waals surface area contributed by atoms with Crippen molar-refractivity contribution in [3.05, 3.63) is 85.0 Å². The number of ether oxygens (including phenoxy) is 1. The zero-order valence-electron chi connectivity index (χ0n) is 26.0. The average Bonchev–Trinajstić information content (AvgIpc) is 2.98.